The summed E-state index contributed by atoms with van der Waals surface area (Å²) < 4.78 is 0. The van der Waals surface area contributed by atoms with E-state index in [4.69, 9.17) is 12.6 Å². The van der Waals surface area contributed by atoms with Crippen LogP contribution in [0.15, 0.2) is 71.7 Å². The Bertz CT molecular complexity index is 2590. The van der Waals surface area contributed by atoms with Crippen LogP contribution in [0.5, 0.6) is 0 Å². The molecule has 0 spiro atoms. The van der Waals surface area contributed by atoms with Crippen molar-refractivity contribution in [1.82, 2.24) is 0 Å². The number of allylic oxidation sites excluding steroid dienone is 3. The largest absolute Gasteiger partial charge is 0.307 e. The van der Waals surface area contributed by atoms with E-state index >= 15 is 9.59 Å². The smallest absolute Gasteiger partial charge is 0.260 e. The van der Waals surface area contributed by atoms with Crippen LogP contribution in [0.3, 0.4) is 0 Å². The maximum absolute atomic E-state index is 15.8. The highest BCUT2D eigenvalue weighted by molar-refractivity contribution is 7.85. The van der Waals surface area contributed by atoms with E-state index in [0.29, 0.717) is 30.5 Å². The van der Waals surface area contributed by atoms with E-state index < -0.39 is 0 Å². The average Bonchev–Trinajstić information content (AvgIpc) is 1.63. The highest BCUT2D eigenvalue weighted by atomic mass is 32.1. The molecule has 3 aliphatic heterocycles. The number of carbonyl (C=O) groups is 2. The summed E-state index contributed by atoms with van der Waals surface area (Å²) in [4.78, 5) is 38.7. The van der Waals surface area contributed by atoms with Crippen LogP contribution in [0.25, 0.3) is 21.6 Å². The Kier molecular flexibility index (Phi) is 32.4. The highest BCUT2D eigenvalue weighted by Gasteiger charge is 2.38. The molecule has 85 heavy (non-hydrogen) atoms. The first-order chi connectivity index (χ1) is 41.3. The van der Waals surface area contributed by atoms with E-state index in [0.717, 1.165) is 69.3 Å². The SMILES string of the molecule is CCCCCCCCCCCCC(CCCCCCCCCC)CN1C(=O)C2=c3cc4c(cc31)=C(c1ccc(-c3ccc(C(C)(C)C)cc3)s1)C(=O)N4CC(CCCCCCCCCCCC)CCCCCCCCCCC(C)(C)/C=C/C=C/2S. The molecule has 0 saturated heterocycles. The van der Waals surface area contributed by atoms with Crippen molar-refractivity contribution in [2.45, 2.75) is 324 Å². The van der Waals surface area contributed by atoms with E-state index in [9.17, 15) is 0 Å². The van der Waals surface area contributed by atoms with Gasteiger partial charge in [0.15, 0.2) is 0 Å². The molecule has 2 aromatic carbocycles. The molecule has 3 aliphatic rings. The van der Waals surface area contributed by atoms with Gasteiger partial charge in [0.2, 0.25) is 0 Å². The van der Waals surface area contributed by atoms with E-state index in [-0.39, 0.29) is 22.6 Å². The number of unbranched alkanes of at least 4 members (excludes halogenated alkanes) is 25. The van der Waals surface area contributed by atoms with Gasteiger partial charge in [-0.3, -0.25) is 9.59 Å². The minimum absolute atomic E-state index is 0.0447. The topological polar surface area (TPSA) is 40.6 Å². The molecule has 1 aromatic heterocycles. The second-order valence-corrected chi connectivity index (χ2v) is 30.2. The molecular weight excluding hydrogens is 1070 g/mol. The summed E-state index contributed by atoms with van der Waals surface area (Å²) in [5.41, 5.74) is 6.05. The monoisotopic (exact) mass is 1200 g/mol. The van der Waals surface area contributed by atoms with E-state index in [1.807, 2.05) is 0 Å². The van der Waals surface area contributed by atoms with Gasteiger partial charge in [0.05, 0.1) is 22.5 Å². The number of benzene rings is 2. The zero-order valence-corrected chi connectivity index (χ0v) is 57.7. The minimum atomic E-state index is 0.0447. The molecule has 474 valence electrons. The number of thiophene rings is 1. The Morgan fingerprint density at radius 1 is 0.553 bits per heavy atom. The van der Waals surface area contributed by atoms with Crippen molar-refractivity contribution in [3.63, 3.8) is 0 Å². The fourth-order valence-electron chi connectivity index (χ4n) is 14.0. The van der Waals surface area contributed by atoms with Crippen LogP contribution in [0.2, 0.25) is 0 Å². The lowest BCUT2D eigenvalue weighted by Crippen LogP contribution is -2.35. The van der Waals surface area contributed by atoms with Gasteiger partial charge in [-0.25, -0.2) is 0 Å². The third-order valence-electron chi connectivity index (χ3n) is 19.6. The molecule has 6 rings (SSSR count). The fraction of sp³-hybridized carbons (Fsp3) is 0.696. The molecular formula is C79H124N2O2S2. The van der Waals surface area contributed by atoms with Crippen molar-refractivity contribution in [3.8, 4) is 10.4 Å². The number of thiol groups is 1. The third kappa shape index (κ3) is 23.8. The molecule has 3 aromatic rings. The second-order valence-electron chi connectivity index (χ2n) is 28.7. The Labute approximate surface area is 531 Å². The van der Waals surface area contributed by atoms with Crippen molar-refractivity contribution >= 4 is 58.3 Å². The van der Waals surface area contributed by atoms with E-state index in [2.05, 4.69) is 132 Å². The molecule has 4 heterocycles. The zero-order chi connectivity index (χ0) is 60.7. The minimum Gasteiger partial charge on any atom is -0.307 e. The molecule has 0 aliphatic carbocycles. The number of amides is 2. The molecule has 0 fully saturated rings. The predicted molar refractivity (Wildman–Crippen MR) is 378 cm³/mol. The van der Waals surface area contributed by atoms with Crippen molar-refractivity contribution in [3.05, 3.63) is 92.5 Å². The molecule has 2 atom stereocenters. The van der Waals surface area contributed by atoms with Gasteiger partial charge >= 0.3 is 0 Å². The van der Waals surface area contributed by atoms with Crippen molar-refractivity contribution in [2.75, 3.05) is 22.9 Å². The lowest BCUT2D eigenvalue weighted by Gasteiger charge is -2.27. The molecule has 0 radical (unpaired) electrons. The van der Waals surface area contributed by atoms with Crippen LogP contribution in [-0.2, 0) is 15.0 Å². The van der Waals surface area contributed by atoms with Crippen molar-refractivity contribution in [2.24, 2.45) is 17.3 Å². The van der Waals surface area contributed by atoms with Gasteiger partial charge in [-0.05, 0) is 96.2 Å². The van der Waals surface area contributed by atoms with Crippen LogP contribution in [0.1, 0.15) is 329 Å². The Morgan fingerprint density at radius 3 is 1.56 bits per heavy atom. The standard InChI is InChI=1S/C79H124N2O2S2/c1-9-12-15-18-21-24-26-31-36-41-47-63(46-40-35-30-23-20-17-14-11-3)61-80-69-60-68-70-59-67(69)74(76(80)82)71(84)50-45-58-79(7,8)57-44-39-34-29-28-33-38-43-49-64(48-42-37-32-27-25-22-19-16-13-10-2)62-81(70)77(83)75(68)73-56-55-72(85-73)65-51-53-66(54-52-65)78(4,5)6/h45,50-56,58-60,63-64,84H,9-44,46-49,57,61-62H2,1-8H3/b58-45+,71-50-. The average molecular weight is 1200 g/mol. The third-order valence-corrected chi connectivity index (χ3v) is 21.1. The van der Waals surface area contributed by atoms with Crippen molar-refractivity contribution in [1.29, 1.82) is 0 Å². The second kappa shape index (κ2) is 38.9. The predicted octanol–water partition coefficient (Wildman–Crippen LogP) is 23.5. The zero-order valence-electron chi connectivity index (χ0n) is 56.0. The van der Waals surface area contributed by atoms with Gasteiger partial charge in [0.25, 0.3) is 11.8 Å². The summed E-state index contributed by atoms with van der Waals surface area (Å²) in [7, 11) is 0. The number of nitrogens with zero attached hydrogens (tertiary/aromatic N) is 2. The first kappa shape index (κ1) is 70.7. The number of anilines is 2. The number of rotatable bonds is 35. The van der Waals surface area contributed by atoms with Crippen LogP contribution in [-0.4, -0.2) is 24.9 Å². The number of hydrogen-bond acceptors (Lipinski definition) is 4. The maximum Gasteiger partial charge on any atom is 0.260 e. The Balaban J connectivity index is 1.40. The van der Waals surface area contributed by atoms with Gasteiger partial charge in [-0.1, -0.05) is 323 Å². The molecule has 6 heteroatoms. The van der Waals surface area contributed by atoms with Gasteiger partial charge in [0, 0.05) is 38.2 Å². The van der Waals surface area contributed by atoms with Gasteiger partial charge in [0.1, 0.15) is 0 Å². The van der Waals surface area contributed by atoms with Gasteiger partial charge in [-0.15, -0.1) is 24.0 Å². The summed E-state index contributed by atoms with van der Waals surface area (Å²) in [6.45, 7) is 19.9. The highest BCUT2D eigenvalue weighted by Crippen LogP contribution is 2.39. The molecule has 2 bridgehead atoms. The molecule has 4 nitrogen and oxygen atoms in total. The molecule has 0 saturated carbocycles. The Hall–Kier alpha value is -3.35. The molecule has 2 unspecified atom stereocenters. The molecule has 0 N–H and O–H groups in total. The maximum atomic E-state index is 15.8. The lowest BCUT2D eigenvalue weighted by atomic mass is 9.86. The normalized spacial score (nSPS) is 18.6. The number of carbonyl (C=O) groups excluding carboxylic acids is 2. The summed E-state index contributed by atoms with van der Waals surface area (Å²) in [5, 5.41) is 1.94. The van der Waals surface area contributed by atoms with E-state index in [1.54, 1.807) is 11.3 Å². The summed E-state index contributed by atoms with van der Waals surface area (Å²) in [5.74, 6) is 1.01. The van der Waals surface area contributed by atoms with Gasteiger partial charge < -0.3 is 9.80 Å². The first-order valence-corrected chi connectivity index (χ1v) is 37.4. The summed E-state index contributed by atoms with van der Waals surface area (Å²) in [6, 6.07) is 18.1. The van der Waals surface area contributed by atoms with Gasteiger partial charge in [-0.2, -0.15) is 0 Å². The summed E-state index contributed by atoms with van der Waals surface area (Å²) >= 11 is 7.05. The van der Waals surface area contributed by atoms with Crippen molar-refractivity contribution < 1.29 is 9.59 Å². The summed E-state index contributed by atoms with van der Waals surface area (Å²) in [6.07, 6.45) is 59.7. The quantitative estimate of drug-likeness (QED) is 0.0471. The number of hydrogen-bond donors (Lipinski definition) is 1. The van der Waals surface area contributed by atoms with Crippen LogP contribution >= 0.6 is 24.0 Å². The van der Waals surface area contributed by atoms with Crippen LogP contribution in [0.4, 0.5) is 11.4 Å². The van der Waals surface area contributed by atoms with Crippen LogP contribution < -0.4 is 20.2 Å². The molecule has 2 amide bonds. The Morgan fingerprint density at radius 2 is 1.02 bits per heavy atom. The van der Waals surface area contributed by atoms with E-state index in [1.165, 1.54) is 247 Å². The fourth-order valence-corrected chi connectivity index (χ4v) is 15.3. The first-order valence-electron chi connectivity index (χ1n) is 36.1. The lowest BCUT2D eigenvalue weighted by molar-refractivity contribution is -0.114. The van der Waals surface area contributed by atoms with Crippen LogP contribution in [0, 0.1) is 17.3 Å².